The van der Waals surface area contributed by atoms with E-state index >= 15 is 0 Å². The Balaban J connectivity index is 1.60. The SMILES string of the molecule is CC(=O)c1cccc(OCCCC(=O)NCC2CCCN(C)C2)c1. The number of benzene rings is 1. The Morgan fingerprint density at radius 1 is 1.38 bits per heavy atom. The molecular weight excluding hydrogens is 304 g/mol. The van der Waals surface area contributed by atoms with Crippen molar-refractivity contribution in [2.45, 2.75) is 32.6 Å². The lowest BCUT2D eigenvalue weighted by atomic mass is 9.98. The predicted molar refractivity (Wildman–Crippen MR) is 94.4 cm³/mol. The van der Waals surface area contributed by atoms with Crippen LogP contribution in [0.2, 0.25) is 0 Å². The van der Waals surface area contributed by atoms with Gasteiger partial charge in [0.25, 0.3) is 0 Å². The molecule has 1 aliphatic heterocycles. The van der Waals surface area contributed by atoms with E-state index in [0.29, 0.717) is 36.7 Å². The molecule has 2 rings (SSSR count). The minimum absolute atomic E-state index is 0.0215. The highest BCUT2D eigenvalue weighted by molar-refractivity contribution is 5.94. The number of piperidine rings is 1. The molecule has 1 N–H and O–H groups in total. The van der Waals surface area contributed by atoms with E-state index in [0.717, 1.165) is 19.6 Å². The largest absolute Gasteiger partial charge is 0.494 e. The van der Waals surface area contributed by atoms with Gasteiger partial charge in [-0.25, -0.2) is 0 Å². The van der Waals surface area contributed by atoms with Crippen LogP contribution >= 0.6 is 0 Å². The Labute approximate surface area is 144 Å². The molecule has 1 aromatic rings. The smallest absolute Gasteiger partial charge is 0.220 e. The van der Waals surface area contributed by atoms with Gasteiger partial charge in [-0.3, -0.25) is 9.59 Å². The summed E-state index contributed by atoms with van der Waals surface area (Å²) in [5.74, 6) is 1.35. The van der Waals surface area contributed by atoms with E-state index in [2.05, 4.69) is 17.3 Å². The summed E-state index contributed by atoms with van der Waals surface area (Å²) >= 11 is 0. The summed E-state index contributed by atoms with van der Waals surface area (Å²) < 4.78 is 5.62. The highest BCUT2D eigenvalue weighted by atomic mass is 16.5. The van der Waals surface area contributed by atoms with Crippen LogP contribution in [0.5, 0.6) is 5.75 Å². The summed E-state index contributed by atoms with van der Waals surface area (Å²) in [6.45, 7) is 5.00. The molecule has 132 valence electrons. The lowest BCUT2D eigenvalue weighted by molar-refractivity contribution is -0.121. The van der Waals surface area contributed by atoms with Crippen LogP contribution in [0.3, 0.4) is 0 Å². The third-order valence-corrected chi connectivity index (χ3v) is 4.37. The number of nitrogens with zero attached hydrogens (tertiary/aromatic N) is 1. The maximum atomic E-state index is 11.9. The van der Waals surface area contributed by atoms with Crippen molar-refractivity contribution in [1.29, 1.82) is 0 Å². The summed E-state index contributed by atoms with van der Waals surface area (Å²) in [7, 11) is 2.13. The molecule has 1 atom stereocenters. The van der Waals surface area contributed by atoms with E-state index in [1.54, 1.807) is 18.2 Å². The van der Waals surface area contributed by atoms with Crippen molar-refractivity contribution in [3.8, 4) is 5.75 Å². The third kappa shape index (κ3) is 6.32. The molecular formula is C19H28N2O3. The van der Waals surface area contributed by atoms with E-state index in [1.165, 1.54) is 19.8 Å². The first-order valence-corrected chi connectivity index (χ1v) is 8.73. The quantitative estimate of drug-likeness (QED) is 0.587. The number of carbonyl (C=O) groups is 2. The lowest BCUT2D eigenvalue weighted by Crippen LogP contribution is -2.39. The second-order valence-electron chi connectivity index (χ2n) is 6.61. The average Bonchev–Trinajstić information content (AvgIpc) is 2.57. The van der Waals surface area contributed by atoms with Gasteiger partial charge in [0.1, 0.15) is 5.75 Å². The van der Waals surface area contributed by atoms with Gasteiger partial charge in [0.2, 0.25) is 5.91 Å². The Bertz CT molecular complexity index is 559. The topological polar surface area (TPSA) is 58.6 Å². The fourth-order valence-electron chi connectivity index (χ4n) is 3.01. The minimum atomic E-state index is 0.0215. The summed E-state index contributed by atoms with van der Waals surface area (Å²) in [6, 6.07) is 7.14. The second kappa shape index (κ2) is 9.42. The number of rotatable bonds is 8. The second-order valence-corrected chi connectivity index (χ2v) is 6.61. The van der Waals surface area contributed by atoms with Crippen molar-refractivity contribution >= 4 is 11.7 Å². The van der Waals surface area contributed by atoms with Gasteiger partial charge in [0.05, 0.1) is 6.61 Å². The molecule has 0 aromatic heterocycles. The van der Waals surface area contributed by atoms with Crippen LogP contribution in [0.1, 0.15) is 43.0 Å². The van der Waals surface area contributed by atoms with E-state index < -0.39 is 0 Å². The number of nitrogens with one attached hydrogen (secondary N) is 1. The molecule has 0 bridgehead atoms. The van der Waals surface area contributed by atoms with Crippen LogP contribution in [-0.4, -0.2) is 49.9 Å². The van der Waals surface area contributed by atoms with Crippen molar-refractivity contribution in [2.24, 2.45) is 5.92 Å². The number of amides is 1. The van der Waals surface area contributed by atoms with E-state index in [-0.39, 0.29) is 11.7 Å². The zero-order valence-electron chi connectivity index (χ0n) is 14.7. The first-order chi connectivity index (χ1) is 11.5. The zero-order chi connectivity index (χ0) is 17.4. The van der Waals surface area contributed by atoms with E-state index in [1.807, 2.05) is 6.07 Å². The van der Waals surface area contributed by atoms with Gasteiger partial charge in [0.15, 0.2) is 5.78 Å². The van der Waals surface area contributed by atoms with Crippen LogP contribution in [0.25, 0.3) is 0 Å². The van der Waals surface area contributed by atoms with E-state index in [9.17, 15) is 9.59 Å². The van der Waals surface area contributed by atoms with Crippen molar-refractivity contribution in [2.75, 3.05) is 33.3 Å². The maximum absolute atomic E-state index is 11.9. The first kappa shape index (κ1) is 18.5. The fourth-order valence-corrected chi connectivity index (χ4v) is 3.01. The van der Waals surface area contributed by atoms with Gasteiger partial charge in [0, 0.05) is 25.1 Å². The third-order valence-electron chi connectivity index (χ3n) is 4.37. The lowest BCUT2D eigenvalue weighted by Gasteiger charge is -2.29. The van der Waals surface area contributed by atoms with Gasteiger partial charge < -0.3 is 15.0 Å². The monoisotopic (exact) mass is 332 g/mol. The molecule has 1 heterocycles. The molecule has 5 nitrogen and oxygen atoms in total. The Hall–Kier alpha value is -1.88. The highest BCUT2D eigenvalue weighted by Gasteiger charge is 2.17. The number of Topliss-reactive ketones (excluding diaryl/α,β-unsaturated/α-hetero) is 1. The molecule has 5 heteroatoms. The highest BCUT2D eigenvalue weighted by Crippen LogP contribution is 2.15. The first-order valence-electron chi connectivity index (χ1n) is 8.73. The number of ketones is 1. The number of ether oxygens (including phenoxy) is 1. The predicted octanol–water partition coefficient (Wildman–Crippen LogP) is 2.51. The van der Waals surface area contributed by atoms with Gasteiger partial charge in [-0.15, -0.1) is 0 Å². The molecule has 0 saturated carbocycles. The van der Waals surface area contributed by atoms with Crippen molar-refractivity contribution < 1.29 is 14.3 Å². The van der Waals surface area contributed by atoms with Crippen molar-refractivity contribution in [3.05, 3.63) is 29.8 Å². The molecule has 1 aliphatic rings. The van der Waals surface area contributed by atoms with Crippen LogP contribution in [0.15, 0.2) is 24.3 Å². The molecule has 24 heavy (non-hydrogen) atoms. The fraction of sp³-hybridized carbons (Fsp3) is 0.579. The molecule has 1 amide bonds. The minimum Gasteiger partial charge on any atom is -0.494 e. The van der Waals surface area contributed by atoms with Crippen molar-refractivity contribution in [1.82, 2.24) is 10.2 Å². The number of carbonyl (C=O) groups excluding carboxylic acids is 2. The average molecular weight is 332 g/mol. The molecule has 1 aromatic carbocycles. The summed E-state index contributed by atoms with van der Waals surface area (Å²) in [5.41, 5.74) is 0.641. The zero-order valence-corrected chi connectivity index (χ0v) is 14.7. The Morgan fingerprint density at radius 2 is 2.21 bits per heavy atom. The molecule has 0 radical (unpaired) electrons. The van der Waals surface area contributed by atoms with Crippen LogP contribution in [0, 0.1) is 5.92 Å². The summed E-state index contributed by atoms with van der Waals surface area (Å²) in [6.07, 6.45) is 3.54. The molecule has 0 spiro atoms. The van der Waals surface area contributed by atoms with Crippen LogP contribution < -0.4 is 10.1 Å². The number of hydrogen-bond acceptors (Lipinski definition) is 4. The van der Waals surface area contributed by atoms with Crippen LogP contribution in [0.4, 0.5) is 0 Å². The molecule has 1 fully saturated rings. The van der Waals surface area contributed by atoms with Gasteiger partial charge in [-0.1, -0.05) is 12.1 Å². The normalized spacial score (nSPS) is 18.2. The summed E-state index contributed by atoms with van der Waals surface area (Å²) in [5, 5.41) is 3.03. The number of likely N-dealkylation sites (tertiary alicyclic amines) is 1. The van der Waals surface area contributed by atoms with Crippen LogP contribution in [-0.2, 0) is 4.79 Å². The molecule has 1 saturated heterocycles. The standard InChI is InChI=1S/C19H28N2O3/c1-15(22)17-7-3-8-18(12-17)24-11-5-9-19(23)20-13-16-6-4-10-21(2)14-16/h3,7-8,12,16H,4-6,9-11,13-14H2,1-2H3,(H,20,23). The van der Waals surface area contributed by atoms with Gasteiger partial charge in [-0.2, -0.15) is 0 Å². The van der Waals surface area contributed by atoms with Gasteiger partial charge >= 0.3 is 0 Å². The Morgan fingerprint density at radius 3 is 2.96 bits per heavy atom. The number of hydrogen-bond donors (Lipinski definition) is 1. The Kier molecular flexibility index (Phi) is 7.25. The summed E-state index contributed by atoms with van der Waals surface area (Å²) in [4.78, 5) is 25.5. The molecule has 0 aliphatic carbocycles. The van der Waals surface area contributed by atoms with Crippen molar-refractivity contribution in [3.63, 3.8) is 0 Å². The van der Waals surface area contributed by atoms with Gasteiger partial charge in [-0.05, 0) is 57.8 Å². The van der Waals surface area contributed by atoms with E-state index in [4.69, 9.17) is 4.74 Å². The maximum Gasteiger partial charge on any atom is 0.220 e. The molecule has 1 unspecified atom stereocenters.